The number of rotatable bonds is 3. The molecular formula is C25H23N5O. The summed E-state index contributed by atoms with van der Waals surface area (Å²) in [6.45, 7) is 3.06. The molecule has 1 amide bonds. The molecule has 3 heterocycles. The molecule has 1 aromatic heterocycles. The molecule has 2 aliphatic heterocycles. The fourth-order valence-electron chi connectivity index (χ4n) is 4.38. The SMILES string of the molecule is N#Cc1cccc(C(=O)N2CCc3nc(-c4ccccc4)nc(N4CCCC4)c3C2)c1. The number of nitriles is 1. The van der Waals surface area contributed by atoms with Crippen LogP contribution in [0.25, 0.3) is 11.4 Å². The first-order chi connectivity index (χ1) is 15.2. The van der Waals surface area contributed by atoms with Crippen LogP contribution in [0.5, 0.6) is 0 Å². The predicted octanol–water partition coefficient (Wildman–Crippen LogP) is 3.81. The summed E-state index contributed by atoms with van der Waals surface area (Å²) >= 11 is 0. The summed E-state index contributed by atoms with van der Waals surface area (Å²) in [4.78, 5) is 27.2. The number of anilines is 1. The Morgan fingerprint density at radius 3 is 2.55 bits per heavy atom. The van der Waals surface area contributed by atoms with E-state index in [0.29, 0.717) is 30.6 Å². The zero-order chi connectivity index (χ0) is 21.2. The molecule has 2 aliphatic rings. The summed E-state index contributed by atoms with van der Waals surface area (Å²) in [5, 5.41) is 9.16. The smallest absolute Gasteiger partial charge is 0.254 e. The van der Waals surface area contributed by atoms with Crippen LogP contribution in [0.1, 0.15) is 40.0 Å². The Morgan fingerprint density at radius 1 is 0.968 bits per heavy atom. The largest absolute Gasteiger partial charge is 0.356 e. The third-order valence-electron chi connectivity index (χ3n) is 6.00. The van der Waals surface area contributed by atoms with Crippen molar-refractivity contribution >= 4 is 11.7 Å². The molecule has 154 valence electrons. The van der Waals surface area contributed by atoms with Gasteiger partial charge in [0.1, 0.15) is 5.82 Å². The molecule has 0 aliphatic carbocycles. The number of hydrogen-bond donors (Lipinski definition) is 0. The van der Waals surface area contributed by atoms with Crippen LogP contribution in [0.15, 0.2) is 54.6 Å². The Labute approximate surface area is 181 Å². The fourth-order valence-corrected chi connectivity index (χ4v) is 4.38. The number of aromatic nitrogens is 2. The van der Waals surface area contributed by atoms with Crippen LogP contribution in [0.2, 0.25) is 0 Å². The van der Waals surface area contributed by atoms with Crippen molar-refractivity contribution in [3.8, 4) is 17.5 Å². The maximum Gasteiger partial charge on any atom is 0.254 e. The highest BCUT2D eigenvalue weighted by Gasteiger charge is 2.29. The van der Waals surface area contributed by atoms with E-state index < -0.39 is 0 Å². The van der Waals surface area contributed by atoms with Crippen molar-refractivity contribution < 1.29 is 4.79 Å². The lowest BCUT2D eigenvalue weighted by Gasteiger charge is -2.32. The highest BCUT2D eigenvalue weighted by Crippen LogP contribution is 2.32. The van der Waals surface area contributed by atoms with E-state index in [9.17, 15) is 4.79 Å². The van der Waals surface area contributed by atoms with E-state index in [4.69, 9.17) is 15.2 Å². The topological polar surface area (TPSA) is 73.1 Å². The highest BCUT2D eigenvalue weighted by molar-refractivity contribution is 5.94. The van der Waals surface area contributed by atoms with Crippen molar-refractivity contribution in [2.45, 2.75) is 25.8 Å². The van der Waals surface area contributed by atoms with Gasteiger partial charge in [-0.15, -0.1) is 0 Å². The van der Waals surface area contributed by atoms with Gasteiger partial charge in [0.2, 0.25) is 0 Å². The summed E-state index contributed by atoms with van der Waals surface area (Å²) in [7, 11) is 0. The monoisotopic (exact) mass is 409 g/mol. The predicted molar refractivity (Wildman–Crippen MR) is 119 cm³/mol. The van der Waals surface area contributed by atoms with E-state index >= 15 is 0 Å². The summed E-state index contributed by atoms with van der Waals surface area (Å²) in [6.07, 6.45) is 3.01. The van der Waals surface area contributed by atoms with Crippen molar-refractivity contribution in [3.05, 3.63) is 77.0 Å². The molecule has 0 bridgehead atoms. The zero-order valence-electron chi connectivity index (χ0n) is 17.3. The van der Waals surface area contributed by atoms with Gasteiger partial charge < -0.3 is 9.80 Å². The van der Waals surface area contributed by atoms with Gasteiger partial charge in [0.25, 0.3) is 5.91 Å². The highest BCUT2D eigenvalue weighted by atomic mass is 16.2. The van der Waals surface area contributed by atoms with Gasteiger partial charge in [0.15, 0.2) is 5.82 Å². The normalized spacial score (nSPS) is 15.5. The van der Waals surface area contributed by atoms with Gasteiger partial charge in [-0.1, -0.05) is 36.4 Å². The molecular weight excluding hydrogens is 386 g/mol. The number of benzene rings is 2. The summed E-state index contributed by atoms with van der Waals surface area (Å²) in [5.74, 6) is 1.66. The maximum atomic E-state index is 13.2. The van der Waals surface area contributed by atoms with Crippen LogP contribution in [0.3, 0.4) is 0 Å². The van der Waals surface area contributed by atoms with Crippen LogP contribution in [0.4, 0.5) is 5.82 Å². The van der Waals surface area contributed by atoms with E-state index in [-0.39, 0.29) is 5.91 Å². The third-order valence-corrected chi connectivity index (χ3v) is 6.00. The number of fused-ring (bicyclic) bond motifs is 1. The van der Waals surface area contributed by atoms with Crippen LogP contribution in [-0.2, 0) is 13.0 Å². The minimum atomic E-state index is -0.0535. The summed E-state index contributed by atoms with van der Waals surface area (Å²) in [6, 6.07) is 19.1. The van der Waals surface area contributed by atoms with Crippen molar-refractivity contribution in [1.82, 2.24) is 14.9 Å². The molecule has 1 saturated heterocycles. The van der Waals surface area contributed by atoms with E-state index in [1.807, 2.05) is 35.2 Å². The van der Waals surface area contributed by atoms with Crippen LogP contribution >= 0.6 is 0 Å². The quantitative estimate of drug-likeness (QED) is 0.658. The van der Waals surface area contributed by atoms with Crippen LogP contribution < -0.4 is 4.90 Å². The lowest BCUT2D eigenvalue weighted by molar-refractivity contribution is 0.0733. The summed E-state index contributed by atoms with van der Waals surface area (Å²) < 4.78 is 0. The molecule has 1 fully saturated rings. The number of carbonyl (C=O) groups is 1. The van der Waals surface area contributed by atoms with E-state index in [2.05, 4.69) is 11.0 Å². The Kier molecular flexibility index (Phi) is 5.09. The Hall–Kier alpha value is -3.72. The zero-order valence-corrected chi connectivity index (χ0v) is 17.3. The molecule has 6 heteroatoms. The van der Waals surface area contributed by atoms with Crippen molar-refractivity contribution in [3.63, 3.8) is 0 Å². The number of carbonyl (C=O) groups excluding carboxylic acids is 1. The molecule has 31 heavy (non-hydrogen) atoms. The average Bonchev–Trinajstić information content (AvgIpc) is 3.38. The Bertz CT molecular complexity index is 1160. The van der Waals surface area contributed by atoms with Crippen LogP contribution in [0, 0.1) is 11.3 Å². The van der Waals surface area contributed by atoms with Gasteiger partial charge in [-0.2, -0.15) is 5.26 Å². The minimum absolute atomic E-state index is 0.0535. The van der Waals surface area contributed by atoms with Gasteiger partial charge in [0.05, 0.1) is 23.9 Å². The molecule has 0 radical (unpaired) electrons. The molecule has 0 saturated carbocycles. The molecule has 6 nitrogen and oxygen atoms in total. The number of nitrogens with zero attached hydrogens (tertiary/aromatic N) is 5. The molecule has 5 rings (SSSR count). The van der Waals surface area contributed by atoms with Gasteiger partial charge in [-0.3, -0.25) is 4.79 Å². The lowest BCUT2D eigenvalue weighted by atomic mass is 10.0. The molecule has 2 aromatic carbocycles. The van der Waals surface area contributed by atoms with E-state index in [1.54, 1.807) is 24.3 Å². The molecule has 0 spiro atoms. The Morgan fingerprint density at radius 2 is 1.77 bits per heavy atom. The van der Waals surface area contributed by atoms with Gasteiger partial charge >= 0.3 is 0 Å². The number of hydrogen-bond acceptors (Lipinski definition) is 5. The van der Waals surface area contributed by atoms with Crippen molar-refractivity contribution in [2.24, 2.45) is 0 Å². The number of amides is 1. The van der Waals surface area contributed by atoms with Gasteiger partial charge in [-0.05, 0) is 31.0 Å². The Balaban J connectivity index is 1.51. The first-order valence-corrected chi connectivity index (χ1v) is 10.7. The second-order valence-corrected chi connectivity index (χ2v) is 8.03. The minimum Gasteiger partial charge on any atom is -0.356 e. The maximum absolute atomic E-state index is 13.2. The van der Waals surface area contributed by atoms with Crippen molar-refractivity contribution in [1.29, 1.82) is 5.26 Å². The van der Waals surface area contributed by atoms with Crippen LogP contribution in [-0.4, -0.2) is 40.4 Å². The molecule has 3 aromatic rings. The summed E-state index contributed by atoms with van der Waals surface area (Å²) in [5.41, 5.74) is 4.14. The fraction of sp³-hybridized carbons (Fsp3) is 0.280. The average molecular weight is 409 g/mol. The van der Waals surface area contributed by atoms with Gasteiger partial charge in [-0.25, -0.2) is 9.97 Å². The van der Waals surface area contributed by atoms with Gasteiger partial charge in [0, 0.05) is 42.7 Å². The standard InChI is InChI=1S/C25H23N5O/c26-16-18-7-6-10-20(15-18)25(31)30-14-11-22-21(17-30)24(29-12-4-5-13-29)28-23(27-22)19-8-2-1-3-9-19/h1-3,6-10,15H,4-5,11-14,17H2. The van der Waals surface area contributed by atoms with Crippen molar-refractivity contribution in [2.75, 3.05) is 24.5 Å². The van der Waals surface area contributed by atoms with E-state index in [0.717, 1.165) is 54.4 Å². The third kappa shape index (κ3) is 3.75. The first kappa shape index (κ1) is 19.3. The molecule has 0 atom stereocenters. The molecule has 0 unspecified atom stereocenters. The van der Waals surface area contributed by atoms with E-state index in [1.165, 1.54) is 0 Å². The first-order valence-electron chi connectivity index (χ1n) is 10.7. The lowest BCUT2D eigenvalue weighted by Crippen LogP contribution is -2.38. The second-order valence-electron chi connectivity index (χ2n) is 8.03. The molecule has 0 N–H and O–H groups in total. The second kappa shape index (κ2) is 8.19.